The molecule has 2 heterocycles. The molecular formula is C23H20FN5O3S2. The minimum absolute atomic E-state index is 0.000764. The molecule has 0 saturated carbocycles. The third-order valence-electron chi connectivity index (χ3n) is 4.72. The molecule has 34 heavy (non-hydrogen) atoms. The van der Waals surface area contributed by atoms with Crippen LogP contribution in [0.3, 0.4) is 0 Å². The fourth-order valence-corrected chi connectivity index (χ4v) is 5.09. The van der Waals surface area contributed by atoms with Crippen LogP contribution in [0.25, 0.3) is 10.6 Å². The van der Waals surface area contributed by atoms with Crippen molar-refractivity contribution in [1.29, 1.82) is 0 Å². The number of aromatic nitrogens is 3. The van der Waals surface area contributed by atoms with Crippen molar-refractivity contribution in [2.75, 3.05) is 10.0 Å². The van der Waals surface area contributed by atoms with Gasteiger partial charge in [0.05, 0.1) is 10.6 Å². The summed E-state index contributed by atoms with van der Waals surface area (Å²) in [6.45, 7) is 5.21. The zero-order chi connectivity index (χ0) is 24.5. The lowest BCUT2D eigenvalue weighted by Gasteiger charge is -2.09. The van der Waals surface area contributed by atoms with Gasteiger partial charge in [-0.15, -0.1) is 11.3 Å². The Kier molecular flexibility index (Phi) is 6.40. The number of aryl methyl sites for hydroxylation is 3. The molecule has 0 fully saturated rings. The number of amides is 1. The van der Waals surface area contributed by atoms with Crippen LogP contribution in [0, 0.1) is 26.6 Å². The van der Waals surface area contributed by atoms with Gasteiger partial charge >= 0.3 is 0 Å². The Balaban J connectivity index is 1.48. The lowest BCUT2D eigenvalue weighted by molar-refractivity contribution is 0.103. The molecular weight excluding hydrogens is 477 g/mol. The SMILES string of the molecule is Cc1cc(C)nc(NS(=O)(=O)c2ccc(NC(=O)c3sc(-c4ccc(F)cc4)nc3C)cc2)n1. The standard InChI is InChI=1S/C23H20FN5O3S2/c1-13-12-14(2)26-23(25-13)29-34(31,32)19-10-8-18(9-11-19)28-21(30)20-15(3)27-22(33-20)16-4-6-17(24)7-5-16/h4-12H,1-3H3,(H,28,30)(H,25,26,29). The van der Waals surface area contributed by atoms with E-state index in [-0.39, 0.29) is 22.6 Å². The summed E-state index contributed by atoms with van der Waals surface area (Å²) in [5, 5.41) is 3.35. The lowest BCUT2D eigenvalue weighted by atomic mass is 10.2. The highest BCUT2D eigenvalue weighted by molar-refractivity contribution is 7.92. The van der Waals surface area contributed by atoms with Gasteiger partial charge in [0.25, 0.3) is 15.9 Å². The Labute approximate surface area is 200 Å². The number of nitrogens with one attached hydrogen (secondary N) is 2. The number of hydrogen-bond donors (Lipinski definition) is 2. The second-order valence-corrected chi connectivity index (χ2v) is 10.2. The summed E-state index contributed by atoms with van der Waals surface area (Å²) in [6, 6.07) is 13.4. The van der Waals surface area contributed by atoms with Crippen LogP contribution in [0.5, 0.6) is 0 Å². The number of rotatable bonds is 6. The Bertz CT molecular complexity index is 1450. The summed E-state index contributed by atoms with van der Waals surface area (Å²) in [4.78, 5) is 25.8. The zero-order valence-corrected chi connectivity index (χ0v) is 20.1. The van der Waals surface area contributed by atoms with Gasteiger partial charge in [-0.05, 0) is 75.4 Å². The highest BCUT2D eigenvalue weighted by atomic mass is 32.2. The molecule has 0 saturated heterocycles. The normalized spacial score (nSPS) is 11.3. The minimum atomic E-state index is -3.90. The number of carbonyl (C=O) groups is 1. The van der Waals surface area contributed by atoms with Crippen LogP contribution < -0.4 is 10.0 Å². The van der Waals surface area contributed by atoms with Crippen molar-refractivity contribution in [2.45, 2.75) is 25.7 Å². The molecule has 8 nitrogen and oxygen atoms in total. The van der Waals surface area contributed by atoms with Gasteiger partial charge in [-0.3, -0.25) is 4.79 Å². The predicted molar refractivity (Wildman–Crippen MR) is 129 cm³/mol. The minimum Gasteiger partial charge on any atom is -0.321 e. The maximum atomic E-state index is 13.2. The summed E-state index contributed by atoms with van der Waals surface area (Å²) in [5.41, 5.74) is 2.96. The van der Waals surface area contributed by atoms with Gasteiger partial charge in [0.15, 0.2) is 0 Å². The highest BCUT2D eigenvalue weighted by Gasteiger charge is 2.19. The summed E-state index contributed by atoms with van der Waals surface area (Å²) < 4.78 is 40.9. The molecule has 0 spiro atoms. The largest absolute Gasteiger partial charge is 0.321 e. The van der Waals surface area contributed by atoms with E-state index in [1.807, 2.05) is 0 Å². The summed E-state index contributed by atoms with van der Waals surface area (Å²) in [6.07, 6.45) is 0. The number of hydrogen-bond acceptors (Lipinski definition) is 7. The van der Waals surface area contributed by atoms with Crippen LogP contribution in [0.4, 0.5) is 16.0 Å². The highest BCUT2D eigenvalue weighted by Crippen LogP contribution is 2.29. The van der Waals surface area contributed by atoms with Crippen LogP contribution in [-0.2, 0) is 10.0 Å². The Hall–Kier alpha value is -3.70. The zero-order valence-electron chi connectivity index (χ0n) is 18.5. The quantitative estimate of drug-likeness (QED) is 0.399. The van der Waals surface area contributed by atoms with Gasteiger partial charge in [-0.2, -0.15) is 0 Å². The molecule has 0 atom stereocenters. The number of carbonyl (C=O) groups excluding carboxylic acids is 1. The molecule has 4 aromatic rings. The molecule has 2 N–H and O–H groups in total. The first-order chi connectivity index (χ1) is 16.1. The van der Waals surface area contributed by atoms with E-state index in [1.54, 1.807) is 39.0 Å². The molecule has 11 heteroatoms. The van der Waals surface area contributed by atoms with Crippen LogP contribution in [-0.4, -0.2) is 29.3 Å². The van der Waals surface area contributed by atoms with E-state index in [9.17, 15) is 17.6 Å². The number of anilines is 2. The Morgan fingerprint density at radius 1 is 0.912 bits per heavy atom. The van der Waals surface area contributed by atoms with Crippen molar-refractivity contribution in [3.8, 4) is 10.6 Å². The van der Waals surface area contributed by atoms with E-state index >= 15 is 0 Å². The second-order valence-electron chi connectivity index (χ2n) is 7.50. The average molecular weight is 498 g/mol. The molecule has 2 aromatic heterocycles. The maximum Gasteiger partial charge on any atom is 0.267 e. The third-order valence-corrected chi connectivity index (χ3v) is 7.27. The molecule has 4 rings (SSSR count). The fraction of sp³-hybridized carbons (Fsp3) is 0.130. The number of halogens is 1. The van der Waals surface area contributed by atoms with E-state index < -0.39 is 10.0 Å². The van der Waals surface area contributed by atoms with Gasteiger partial charge in [0, 0.05) is 22.6 Å². The van der Waals surface area contributed by atoms with Gasteiger partial charge < -0.3 is 5.32 Å². The molecule has 0 aliphatic rings. The Morgan fingerprint density at radius 2 is 1.53 bits per heavy atom. The first-order valence-corrected chi connectivity index (χ1v) is 12.4. The molecule has 0 radical (unpaired) electrons. The van der Waals surface area contributed by atoms with E-state index in [2.05, 4.69) is 25.0 Å². The first-order valence-electron chi connectivity index (χ1n) is 10.1. The Morgan fingerprint density at radius 3 is 2.15 bits per heavy atom. The fourth-order valence-electron chi connectivity index (χ4n) is 3.18. The molecule has 0 bridgehead atoms. The van der Waals surface area contributed by atoms with E-state index in [0.29, 0.717) is 38.2 Å². The van der Waals surface area contributed by atoms with Crippen LogP contribution in [0.15, 0.2) is 59.5 Å². The molecule has 2 aromatic carbocycles. The molecule has 1 amide bonds. The monoisotopic (exact) mass is 497 g/mol. The van der Waals surface area contributed by atoms with Crippen molar-refractivity contribution in [3.05, 3.63) is 82.4 Å². The van der Waals surface area contributed by atoms with Gasteiger partial charge in [-0.1, -0.05) is 0 Å². The maximum absolute atomic E-state index is 13.2. The number of sulfonamides is 1. The predicted octanol–water partition coefficient (Wildman–Crippen LogP) is 4.72. The third kappa shape index (κ3) is 5.26. The average Bonchev–Trinajstić information content (AvgIpc) is 3.15. The molecule has 0 aliphatic carbocycles. The summed E-state index contributed by atoms with van der Waals surface area (Å²) in [5.74, 6) is -0.731. The summed E-state index contributed by atoms with van der Waals surface area (Å²) in [7, 11) is -3.90. The smallest absolute Gasteiger partial charge is 0.267 e. The summed E-state index contributed by atoms with van der Waals surface area (Å²) >= 11 is 1.19. The van der Waals surface area contributed by atoms with Gasteiger partial charge in [0.1, 0.15) is 15.7 Å². The molecule has 174 valence electrons. The number of thiazole rings is 1. The van der Waals surface area contributed by atoms with E-state index in [1.165, 1.54) is 47.7 Å². The van der Waals surface area contributed by atoms with E-state index in [0.717, 1.165) is 0 Å². The van der Waals surface area contributed by atoms with Crippen molar-refractivity contribution >= 4 is 38.9 Å². The van der Waals surface area contributed by atoms with Gasteiger partial charge in [-0.25, -0.2) is 32.5 Å². The van der Waals surface area contributed by atoms with Crippen molar-refractivity contribution < 1.29 is 17.6 Å². The van der Waals surface area contributed by atoms with Crippen molar-refractivity contribution in [1.82, 2.24) is 15.0 Å². The molecule has 0 aliphatic heterocycles. The van der Waals surface area contributed by atoms with Crippen LogP contribution >= 0.6 is 11.3 Å². The lowest BCUT2D eigenvalue weighted by Crippen LogP contribution is -2.16. The topological polar surface area (TPSA) is 114 Å². The van der Waals surface area contributed by atoms with Crippen LogP contribution in [0.2, 0.25) is 0 Å². The number of nitrogens with zero attached hydrogens (tertiary/aromatic N) is 3. The molecule has 0 unspecified atom stereocenters. The van der Waals surface area contributed by atoms with Gasteiger partial charge in [0.2, 0.25) is 5.95 Å². The number of benzene rings is 2. The van der Waals surface area contributed by atoms with E-state index in [4.69, 9.17) is 0 Å². The first kappa shape index (κ1) is 23.5. The van der Waals surface area contributed by atoms with Crippen molar-refractivity contribution in [3.63, 3.8) is 0 Å². The van der Waals surface area contributed by atoms with Crippen LogP contribution in [0.1, 0.15) is 26.8 Å². The second kappa shape index (κ2) is 9.27. The van der Waals surface area contributed by atoms with Crippen molar-refractivity contribution in [2.24, 2.45) is 0 Å².